The monoisotopic (exact) mass is 120 g/mol. The van der Waals surface area contributed by atoms with Crippen molar-refractivity contribution < 1.29 is 9.47 Å². The van der Waals surface area contributed by atoms with Crippen LogP contribution in [-0.4, -0.2) is 26.2 Å². The fourth-order valence-corrected chi connectivity index (χ4v) is 1.33. The molecule has 0 N–H and O–H groups in total. The second-order valence-electron chi connectivity index (χ2n) is 1.64. The van der Waals surface area contributed by atoms with E-state index in [1.54, 1.807) is 0 Å². The molecule has 0 aliphatic carbocycles. The zero-order valence-electron chi connectivity index (χ0n) is 4.39. The van der Waals surface area contributed by atoms with E-state index in [4.69, 9.17) is 9.47 Å². The molecule has 0 radical (unpaired) electrons. The Labute approximate surface area is 44.6 Å². The van der Waals surface area contributed by atoms with E-state index < -0.39 is 0 Å². The van der Waals surface area contributed by atoms with Crippen molar-refractivity contribution in [1.82, 2.24) is 0 Å². The second kappa shape index (κ2) is 2.61. The van der Waals surface area contributed by atoms with Gasteiger partial charge in [0.05, 0.1) is 12.7 Å². The van der Waals surface area contributed by atoms with E-state index >= 15 is 0 Å². The molecule has 0 atom stereocenters. The predicted octanol–water partition coefficient (Wildman–Crippen LogP) is 1.02. The maximum Gasteiger partial charge on any atom is 0.147 e. The molecule has 1 fully saturated rings. The molecule has 0 spiro atoms. The van der Waals surface area contributed by atoms with E-state index in [0.717, 1.165) is 12.7 Å². The van der Waals surface area contributed by atoms with Gasteiger partial charge in [0.25, 0.3) is 0 Å². The summed E-state index contributed by atoms with van der Waals surface area (Å²) < 4.78 is 9.98. The van der Waals surface area contributed by atoms with E-state index in [0.29, 0.717) is 6.79 Å². The molecule has 0 unspecified atom stereocenters. The van der Waals surface area contributed by atoms with E-state index in [-0.39, 0.29) is 7.92 Å². The van der Waals surface area contributed by atoms with Gasteiger partial charge in [0.1, 0.15) is 6.79 Å². The molecule has 2 nitrogen and oxygen atoms in total. The van der Waals surface area contributed by atoms with Crippen LogP contribution in [0.1, 0.15) is 0 Å². The van der Waals surface area contributed by atoms with Gasteiger partial charge in [0, 0.05) is 0 Å². The first kappa shape index (κ1) is 5.49. The lowest BCUT2D eigenvalue weighted by molar-refractivity contribution is -0.0341. The van der Waals surface area contributed by atoms with Gasteiger partial charge >= 0.3 is 0 Å². The standard InChI is InChI=1S/C4H9O2P/c1-7-3-5-2-6-4-7/h2-4H2,1H3. The van der Waals surface area contributed by atoms with Crippen molar-refractivity contribution in [3.05, 3.63) is 0 Å². The van der Waals surface area contributed by atoms with Crippen LogP contribution in [0, 0.1) is 0 Å². The molecule has 7 heavy (non-hydrogen) atoms. The molecule has 1 saturated heterocycles. The molecule has 0 saturated carbocycles. The van der Waals surface area contributed by atoms with Crippen LogP contribution < -0.4 is 0 Å². The normalized spacial score (nSPS) is 25.3. The van der Waals surface area contributed by atoms with Crippen molar-refractivity contribution in [2.24, 2.45) is 0 Å². The first-order chi connectivity index (χ1) is 3.39. The molecule has 1 aliphatic heterocycles. The summed E-state index contributed by atoms with van der Waals surface area (Å²) in [5.74, 6) is 0. The minimum atomic E-state index is 0.0639. The molecule has 42 valence electrons. The summed E-state index contributed by atoms with van der Waals surface area (Å²) in [6.45, 7) is 2.68. The van der Waals surface area contributed by atoms with Crippen LogP contribution in [0.5, 0.6) is 0 Å². The molecule has 3 heteroatoms. The van der Waals surface area contributed by atoms with Crippen LogP contribution in [0.25, 0.3) is 0 Å². The van der Waals surface area contributed by atoms with Crippen LogP contribution in [0.15, 0.2) is 0 Å². The minimum absolute atomic E-state index is 0.0639. The Hall–Kier alpha value is 0.350. The fraction of sp³-hybridized carbons (Fsp3) is 1.00. The van der Waals surface area contributed by atoms with Gasteiger partial charge in [-0.25, -0.2) is 0 Å². The average molecular weight is 120 g/mol. The first-order valence-corrected chi connectivity index (χ1v) is 4.39. The van der Waals surface area contributed by atoms with Crippen molar-refractivity contribution in [3.63, 3.8) is 0 Å². The SMILES string of the molecule is CP1COCOC1. The number of hydrogen-bond acceptors (Lipinski definition) is 2. The smallest absolute Gasteiger partial charge is 0.147 e. The number of hydrogen-bond donors (Lipinski definition) is 0. The van der Waals surface area contributed by atoms with Crippen molar-refractivity contribution in [2.75, 3.05) is 26.2 Å². The largest absolute Gasteiger partial charge is 0.351 e. The van der Waals surface area contributed by atoms with Crippen LogP contribution in [0.3, 0.4) is 0 Å². The summed E-state index contributed by atoms with van der Waals surface area (Å²) in [5, 5.41) is 0. The lowest BCUT2D eigenvalue weighted by Gasteiger charge is -2.18. The highest BCUT2D eigenvalue weighted by Gasteiger charge is 2.05. The Kier molecular flexibility index (Phi) is 2.04. The van der Waals surface area contributed by atoms with Gasteiger partial charge in [-0.1, -0.05) is 7.92 Å². The van der Waals surface area contributed by atoms with E-state index in [9.17, 15) is 0 Å². The molecule has 0 bridgehead atoms. The van der Waals surface area contributed by atoms with Gasteiger partial charge in [0.15, 0.2) is 0 Å². The molecule has 1 aliphatic rings. The van der Waals surface area contributed by atoms with Gasteiger partial charge in [-0.3, -0.25) is 0 Å². The Balaban J connectivity index is 2.12. The van der Waals surface area contributed by atoms with Crippen molar-refractivity contribution >= 4 is 7.92 Å². The lowest BCUT2D eigenvalue weighted by Crippen LogP contribution is -2.08. The van der Waals surface area contributed by atoms with Crippen molar-refractivity contribution in [3.8, 4) is 0 Å². The molecule has 1 heterocycles. The second-order valence-corrected chi connectivity index (χ2v) is 3.87. The van der Waals surface area contributed by atoms with E-state index in [1.165, 1.54) is 0 Å². The van der Waals surface area contributed by atoms with E-state index in [1.807, 2.05) is 0 Å². The Morgan fingerprint density at radius 3 is 2.14 bits per heavy atom. The third-order valence-electron chi connectivity index (χ3n) is 0.790. The van der Waals surface area contributed by atoms with Crippen LogP contribution in [-0.2, 0) is 9.47 Å². The average Bonchev–Trinajstić information content (AvgIpc) is 1.69. The van der Waals surface area contributed by atoms with E-state index in [2.05, 4.69) is 6.66 Å². The van der Waals surface area contributed by atoms with Crippen molar-refractivity contribution in [1.29, 1.82) is 0 Å². The van der Waals surface area contributed by atoms with Crippen LogP contribution in [0.4, 0.5) is 0 Å². The van der Waals surface area contributed by atoms with Gasteiger partial charge in [-0.05, 0) is 6.66 Å². The maximum absolute atomic E-state index is 4.99. The fourth-order valence-electron chi connectivity index (χ4n) is 0.482. The zero-order chi connectivity index (χ0) is 5.11. The summed E-state index contributed by atoms with van der Waals surface area (Å²) in [7, 11) is 0.0639. The van der Waals surface area contributed by atoms with Crippen LogP contribution >= 0.6 is 7.92 Å². The number of rotatable bonds is 0. The summed E-state index contributed by atoms with van der Waals surface area (Å²) in [6.07, 6.45) is 1.85. The summed E-state index contributed by atoms with van der Waals surface area (Å²) in [6, 6.07) is 0. The van der Waals surface area contributed by atoms with Gasteiger partial charge in [-0.15, -0.1) is 0 Å². The molecular weight excluding hydrogens is 111 g/mol. The molecule has 1 rings (SSSR count). The Bertz CT molecular complexity index is 51.7. The number of ether oxygens (including phenoxy) is 2. The highest BCUT2D eigenvalue weighted by Crippen LogP contribution is 2.32. The highest BCUT2D eigenvalue weighted by molar-refractivity contribution is 7.56. The molecule has 0 aromatic rings. The summed E-state index contributed by atoms with van der Waals surface area (Å²) in [5.41, 5.74) is 0. The highest BCUT2D eigenvalue weighted by atomic mass is 31.1. The lowest BCUT2D eigenvalue weighted by atomic mass is 11.3. The van der Waals surface area contributed by atoms with Crippen LogP contribution in [0.2, 0.25) is 0 Å². The third-order valence-corrected chi connectivity index (χ3v) is 2.04. The quantitative estimate of drug-likeness (QED) is 0.444. The summed E-state index contributed by atoms with van der Waals surface area (Å²) >= 11 is 0. The topological polar surface area (TPSA) is 18.5 Å². The van der Waals surface area contributed by atoms with Gasteiger partial charge in [-0.2, -0.15) is 0 Å². The van der Waals surface area contributed by atoms with Gasteiger partial charge in [0.2, 0.25) is 0 Å². The van der Waals surface area contributed by atoms with Crippen molar-refractivity contribution in [2.45, 2.75) is 0 Å². The van der Waals surface area contributed by atoms with Gasteiger partial charge < -0.3 is 9.47 Å². The Morgan fingerprint density at radius 2 is 1.86 bits per heavy atom. The first-order valence-electron chi connectivity index (χ1n) is 2.23. The maximum atomic E-state index is 4.99. The summed E-state index contributed by atoms with van der Waals surface area (Å²) in [4.78, 5) is 0. The minimum Gasteiger partial charge on any atom is -0.351 e. The molecule has 0 amide bonds. The molecular formula is C4H9O2P. The third kappa shape index (κ3) is 1.72. The predicted molar refractivity (Wildman–Crippen MR) is 29.6 cm³/mol. The molecule has 0 aromatic heterocycles. The zero-order valence-corrected chi connectivity index (χ0v) is 5.28. The Morgan fingerprint density at radius 1 is 1.29 bits per heavy atom. The molecule has 0 aromatic carbocycles.